The van der Waals surface area contributed by atoms with Gasteiger partial charge in [-0.25, -0.2) is 0 Å². The molecular weight excluding hydrogens is 500 g/mol. The summed E-state index contributed by atoms with van der Waals surface area (Å²) in [6, 6.07) is 21.2. The van der Waals surface area contributed by atoms with Crippen LogP contribution in [0, 0.1) is 0 Å². The van der Waals surface area contributed by atoms with Gasteiger partial charge in [-0.2, -0.15) is 0 Å². The van der Waals surface area contributed by atoms with Crippen LogP contribution < -0.4 is 15.4 Å². The molecule has 0 aliphatic carbocycles. The van der Waals surface area contributed by atoms with Crippen LogP contribution in [0.4, 0.5) is 0 Å². The van der Waals surface area contributed by atoms with Crippen molar-refractivity contribution in [3.63, 3.8) is 0 Å². The second-order valence-corrected chi connectivity index (χ2v) is 7.97. The smallest absolute Gasteiger partial charge is 0.253 e. The van der Waals surface area contributed by atoms with Crippen molar-refractivity contribution in [1.82, 2.24) is 10.6 Å². The maximum absolute atomic E-state index is 12.8. The first kappa shape index (κ1) is 21.1. The third-order valence-electron chi connectivity index (χ3n) is 4.21. The van der Waals surface area contributed by atoms with Crippen LogP contribution in [0.3, 0.4) is 0 Å². The van der Waals surface area contributed by atoms with Crippen LogP contribution in [0.15, 0.2) is 81.7 Å². The summed E-state index contributed by atoms with van der Waals surface area (Å²) in [5.41, 5.74) is 1.60. The Morgan fingerprint density at radius 2 is 1.21 bits per heavy atom. The molecule has 29 heavy (non-hydrogen) atoms. The second-order valence-electron chi connectivity index (χ2n) is 6.14. The second kappa shape index (κ2) is 9.71. The average Bonchev–Trinajstić information content (AvgIpc) is 2.74. The number of ether oxygens (including phenoxy) is 1. The molecule has 0 heterocycles. The molecule has 0 aliphatic heterocycles. The molecule has 2 N–H and O–H groups in total. The van der Waals surface area contributed by atoms with Crippen molar-refractivity contribution in [3.8, 4) is 5.75 Å². The van der Waals surface area contributed by atoms with E-state index in [0.717, 1.165) is 8.95 Å². The number of para-hydroxylation sites is 1. The maximum atomic E-state index is 12.8. The van der Waals surface area contributed by atoms with Crippen LogP contribution in [0.5, 0.6) is 5.75 Å². The topological polar surface area (TPSA) is 67.4 Å². The molecule has 0 aliphatic rings. The Balaban J connectivity index is 1.88. The number of benzene rings is 3. The molecule has 0 saturated heterocycles. The normalized spacial score (nSPS) is 10.5. The Morgan fingerprint density at radius 3 is 1.66 bits per heavy atom. The van der Waals surface area contributed by atoms with E-state index in [2.05, 4.69) is 42.5 Å². The van der Waals surface area contributed by atoms with Crippen LogP contribution >= 0.6 is 31.9 Å². The lowest BCUT2D eigenvalue weighted by molar-refractivity contribution is 0.0882. The molecule has 0 spiro atoms. The molecule has 0 aromatic heterocycles. The monoisotopic (exact) mass is 516 g/mol. The van der Waals surface area contributed by atoms with E-state index in [1.165, 1.54) is 0 Å². The van der Waals surface area contributed by atoms with Gasteiger partial charge in [0.1, 0.15) is 11.9 Å². The number of carbonyl (C=O) groups excluding carboxylic acids is 2. The van der Waals surface area contributed by atoms with Crippen LogP contribution in [-0.2, 0) is 0 Å². The van der Waals surface area contributed by atoms with Gasteiger partial charge in [0.25, 0.3) is 11.8 Å². The minimum atomic E-state index is -0.779. The summed E-state index contributed by atoms with van der Waals surface area (Å²) in [7, 11) is 1.54. The molecule has 0 radical (unpaired) electrons. The van der Waals surface area contributed by atoms with Gasteiger partial charge >= 0.3 is 0 Å². The van der Waals surface area contributed by atoms with Crippen molar-refractivity contribution in [2.24, 2.45) is 0 Å². The summed E-state index contributed by atoms with van der Waals surface area (Å²) in [6.07, 6.45) is -0.779. The Morgan fingerprint density at radius 1 is 0.759 bits per heavy atom. The molecule has 5 nitrogen and oxygen atoms in total. The standard InChI is InChI=1S/C22H18Br2N2O3/c1-29-19-5-3-2-4-18(19)20(25-21(27)14-6-10-16(23)11-7-14)26-22(28)15-8-12-17(24)13-9-15/h2-13,20H,1H3,(H,25,27)(H,26,28). The van der Waals surface area contributed by atoms with Gasteiger partial charge in [-0.1, -0.05) is 50.1 Å². The average molecular weight is 518 g/mol. The number of carbonyl (C=O) groups is 2. The molecule has 0 fully saturated rings. The van der Waals surface area contributed by atoms with Gasteiger partial charge in [-0.15, -0.1) is 0 Å². The molecule has 0 atom stereocenters. The van der Waals surface area contributed by atoms with Crippen LogP contribution in [0.25, 0.3) is 0 Å². The molecule has 0 saturated carbocycles. The van der Waals surface area contributed by atoms with Crippen molar-refractivity contribution in [2.45, 2.75) is 6.17 Å². The van der Waals surface area contributed by atoms with Crippen molar-refractivity contribution in [3.05, 3.63) is 98.4 Å². The van der Waals surface area contributed by atoms with E-state index in [9.17, 15) is 9.59 Å². The SMILES string of the molecule is COc1ccccc1C(NC(=O)c1ccc(Br)cc1)NC(=O)c1ccc(Br)cc1. The first-order valence-corrected chi connectivity index (χ1v) is 10.3. The number of amides is 2. The van der Waals surface area contributed by atoms with Gasteiger partial charge < -0.3 is 15.4 Å². The largest absolute Gasteiger partial charge is 0.496 e. The van der Waals surface area contributed by atoms with E-state index < -0.39 is 6.17 Å². The van der Waals surface area contributed by atoms with Gasteiger partial charge in [0.05, 0.1) is 7.11 Å². The van der Waals surface area contributed by atoms with Gasteiger partial charge in [-0.05, 0) is 54.6 Å². The highest BCUT2D eigenvalue weighted by Gasteiger charge is 2.22. The third-order valence-corrected chi connectivity index (χ3v) is 5.27. The van der Waals surface area contributed by atoms with Gasteiger partial charge in [0.15, 0.2) is 0 Å². The number of methoxy groups -OCH3 is 1. The van der Waals surface area contributed by atoms with Crippen molar-refractivity contribution in [1.29, 1.82) is 0 Å². The highest BCUT2D eigenvalue weighted by Crippen LogP contribution is 2.24. The Labute approximate surface area is 185 Å². The third kappa shape index (κ3) is 5.46. The molecule has 148 valence electrons. The highest BCUT2D eigenvalue weighted by atomic mass is 79.9. The highest BCUT2D eigenvalue weighted by molar-refractivity contribution is 9.10. The predicted octanol–water partition coefficient (Wildman–Crippen LogP) is 5.08. The number of hydrogen-bond donors (Lipinski definition) is 2. The van der Waals surface area contributed by atoms with E-state index in [4.69, 9.17) is 4.74 Å². The molecule has 0 unspecified atom stereocenters. The number of halogens is 2. The fourth-order valence-corrected chi connectivity index (χ4v) is 3.26. The first-order chi connectivity index (χ1) is 14.0. The lowest BCUT2D eigenvalue weighted by atomic mass is 10.1. The molecular formula is C22H18Br2N2O3. The quantitative estimate of drug-likeness (QED) is 0.448. The molecule has 2 amide bonds. The summed E-state index contributed by atoms with van der Waals surface area (Å²) >= 11 is 6.71. The zero-order chi connectivity index (χ0) is 20.8. The number of nitrogens with one attached hydrogen (secondary N) is 2. The van der Waals surface area contributed by atoms with E-state index in [1.54, 1.807) is 67.8 Å². The summed E-state index contributed by atoms with van der Waals surface area (Å²) in [5, 5.41) is 5.76. The minimum Gasteiger partial charge on any atom is -0.496 e. The fraction of sp³-hybridized carbons (Fsp3) is 0.0909. The van der Waals surface area contributed by atoms with Crippen LogP contribution in [0.2, 0.25) is 0 Å². The summed E-state index contributed by atoms with van der Waals surface area (Å²) in [4.78, 5) is 25.6. The molecule has 0 bridgehead atoms. The number of hydrogen-bond acceptors (Lipinski definition) is 3. The molecule has 3 aromatic rings. The lowest BCUT2D eigenvalue weighted by Crippen LogP contribution is -2.41. The van der Waals surface area contributed by atoms with E-state index in [1.807, 2.05) is 12.1 Å². The number of rotatable bonds is 6. The van der Waals surface area contributed by atoms with Crippen LogP contribution in [-0.4, -0.2) is 18.9 Å². The van der Waals surface area contributed by atoms with Crippen molar-refractivity contribution in [2.75, 3.05) is 7.11 Å². The molecule has 3 aromatic carbocycles. The van der Waals surface area contributed by atoms with Gasteiger partial charge in [0.2, 0.25) is 0 Å². The first-order valence-electron chi connectivity index (χ1n) is 8.73. The van der Waals surface area contributed by atoms with E-state index in [0.29, 0.717) is 22.4 Å². The van der Waals surface area contributed by atoms with Crippen molar-refractivity contribution >= 4 is 43.7 Å². The lowest BCUT2D eigenvalue weighted by Gasteiger charge is -2.23. The molecule has 3 rings (SSSR count). The molecule has 7 heteroatoms. The van der Waals surface area contributed by atoms with Crippen LogP contribution in [0.1, 0.15) is 32.4 Å². The van der Waals surface area contributed by atoms with Crippen molar-refractivity contribution < 1.29 is 14.3 Å². The predicted molar refractivity (Wildman–Crippen MR) is 119 cm³/mol. The Kier molecular flexibility index (Phi) is 7.06. The van der Waals surface area contributed by atoms with E-state index in [-0.39, 0.29) is 11.8 Å². The zero-order valence-electron chi connectivity index (χ0n) is 15.5. The Bertz CT molecular complexity index is 946. The Hall–Kier alpha value is -2.64. The van der Waals surface area contributed by atoms with Gasteiger partial charge in [0, 0.05) is 25.6 Å². The fourth-order valence-electron chi connectivity index (χ4n) is 2.73. The maximum Gasteiger partial charge on any atom is 0.253 e. The zero-order valence-corrected chi connectivity index (χ0v) is 18.7. The summed E-state index contributed by atoms with van der Waals surface area (Å²) in [5.74, 6) is -0.0706. The minimum absolute atomic E-state index is 0.315. The summed E-state index contributed by atoms with van der Waals surface area (Å²) < 4.78 is 7.17. The summed E-state index contributed by atoms with van der Waals surface area (Å²) in [6.45, 7) is 0. The van der Waals surface area contributed by atoms with E-state index >= 15 is 0 Å². The van der Waals surface area contributed by atoms with Gasteiger partial charge in [-0.3, -0.25) is 9.59 Å².